The van der Waals surface area contributed by atoms with Crippen molar-refractivity contribution in [2.45, 2.75) is 13.3 Å². The van der Waals surface area contributed by atoms with Gasteiger partial charge in [-0.05, 0) is 37.6 Å². The van der Waals surface area contributed by atoms with Gasteiger partial charge in [0, 0.05) is 25.5 Å². The highest BCUT2D eigenvalue weighted by molar-refractivity contribution is 5.49. The molecule has 4 heteroatoms. The molecule has 1 atom stereocenters. The molecule has 0 radical (unpaired) electrons. The minimum Gasteiger partial charge on any atom is -0.371 e. The lowest BCUT2D eigenvalue weighted by Crippen LogP contribution is -2.22. The minimum atomic E-state index is 0.767. The first-order chi connectivity index (χ1) is 8.86. The maximum Gasteiger partial charge on any atom is 0.138 e. The predicted octanol–water partition coefficient (Wildman–Crippen LogP) is 2.09. The topological polar surface area (TPSA) is 32.6 Å². The van der Waals surface area contributed by atoms with Crippen LogP contribution < -0.4 is 5.32 Å². The minimum absolute atomic E-state index is 0.767. The first kappa shape index (κ1) is 11.5. The third-order valence-corrected chi connectivity index (χ3v) is 3.82. The second-order valence-corrected chi connectivity index (χ2v) is 5.00. The van der Waals surface area contributed by atoms with Crippen LogP contribution in [0.1, 0.15) is 13.3 Å². The lowest BCUT2D eigenvalue weighted by Gasteiger charge is -2.15. The van der Waals surface area contributed by atoms with E-state index in [-0.39, 0.29) is 0 Å². The molecule has 1 N–H and O–H groups in total. The molecule has 1 aliphatic heterocycles. The molecule has 0 saturated carbocycles. The average molecular weight is 244 g/mol. The molecule has 4 nitrogen and oxygen atoms in total. The number of rotatable bonds is 4. The molecule has 3 rings (SSSR count). The fourth-order valence-corrected chi connectivity index (χ4v) is 2.71. The Labute approximate surface area is 108 Å². The van der Waals surface area contributed by atoms with E-state index in [4.69, 9.17) is 0 Å². The highest BCUT2D eigenvalue weighted by atomic mass is 15.2. The van der Waals surface area contributed by atoms with E-state index in [0.29, 0.717) is 0 Å². The van der Waals surface area contributed by atoms with Crippen molar-refractivity contribution in [3.8, 4) is 0 Å². The van der Waals surface area contributed by atoms with Crippen LogP contribution in [-0.4, -0.2) is 40.5 Å². The summed E-state index contributed by atoms with van der Waals surface area (Å²) < 4.78 is 2.10. The summed E-state index contributed by atoms with van der Waals surface area (Å²) in [6.07, 6.45) is 5.15. The zero-order chi connectivity index (χ0) is 12.4. The van der Waals surface area contributed by atoms with Crippen LogP contribution in [0.25, 0.3) is 5.65 Å². The normalized spacial score (nSPS) is 20.6. The van der Waals surface area contributed by atoms with Crippen molar-refractivity contribution in [3.63, 3.8) is 0 Å². The number of imidazole rings is 1. The van der Waals surface area contributed by atoms with E-state index >= 15 is 0 Å². The summed E-state index contributed by atoms with van der Waals surface area (Å²) in [4.78, 5) is 6.82. The third-order valence-electron chi connectivity index (χ3n) is 3.82. The Balaban J connectivity index is 1.65. The zero-order valence-electron chi connectivity index (χ0n) is 10.8. The molecule has 1 fully saturated rings. The van der Waals surface area contributed by atoms with Gasteiger partial charge in [-0.25, -0.2) is 4.98 Å². The smallest absolute Gasteiger partial charge is 0.138 e. The van der Waals surface area contributed by atoms with E-state index < -0.39 is 0 Å². The molecule has 0 aromatic carbocycles. The molecular formula is C14H20N4. The van der Waals surface area contributed by atoms with Gasteiger partial charge < -0.3 is 10.2 Å². The summed E-state index contributed by atoms with van der Waals surface area (Å²) in [5.41, 5.74) is 1.00. The second-order valence-electron chi connectivity index (χ2n) is 5.00. The number of fused-ring (bicyclic) bond motifs is 1. The van der Waals surface area contributed by atoms with E-state index in [1.807, 2.05) is 18.5 Å². The van der Waals surface area contributed by atoms with E-state index in [1.54, 1.807) is 0 Å². The van der Waals surface area contributed by atoms with Gasteiger partial charge in [0.1, 0.15) is 11.5 Å². The highest BCUT2D eigenvalue weighted by Crippen LogP contribution is 2.17. The number of nitrogens with zero attached hydrogens (tertiary/aromatic N) is 3. The van der Waals surface area contributed by atoms with Gasteiger partial charge in [-0.15, -0.1) is 0 Å². The van der Waals surface area contributed by atoms with Crippen molar-refractivity contribution < 1.29 is 0 Å². The number of anilines is 1. The zero-order valence-corrected chi connectivity index (χ0v) is 10.8. The molecule has 2 aromatic heterocycles. The first-order valence-corrected chi connectivity index (χ1v) is 6.75. The van der Waals surface area contributed by atoms with Gasteiger partial charge >= 0.3 is 0 Å². The molecule has 1 aliphatic rings. The number of nitrogens with one attached hydrogen (secondary N) is 1. The Hall–Kier alpha value is -1.55. The van der Waals surface area contributed by atoms with Crippen LogP contribution in [0.2, 0.25) is 0 Å². The number of aromatic nitrogens is 2. The number of hydrogen-bond donors (Lipinski definition) is 1. The maximum absolute atomic E-state index is 4.30. The van der Waals surface area contributed by atoms with Crippen LogP contribution in [-0.2, 0) is 0 Å². The van der Waals surface area contributed by atoms with E-state index in [1.165, 1.54) is 26.1 Å². The third kappa shape index (κ3) is 2.20. The fourth-order valence-electron chi connectivity index (χ4n) is 2.71. The van der Waals surface area contributed by atoms with Crippen LogP contribution in [0.4, 0.5) is 5.82 Å². The van der Waals surface area contributed by atoms with Crippen molar-refractivity contribution in [1.29, 1.82) is 0 Å². The fraction of sp³-hybridized carbons (Fsp3) is 0.500. The Morgan fingerprint density at radius 2 is 2.39 bits per heavy atom. The molecular weight excluding hydrogens is 224 g/mol. The van der Waals surface area contributed by atoms with Crippen LogP contribution in [0.5, 0.6) is 0 Å². The second kappa shape index (κ2) is 4.98. The molecule has 0 aliphatic carbocycles. The van der Waals surface area contributed by atoms with Crippen molar-refractivity contribution in [1.82, 2.24) is 14.3 Å². The van der Waals surface area contributed by atoms with Gasteiger partial charge in [0.15, 0.2) is 0 Å². The Morgan fingerprint density at radius 3 is 3.22 bits per heavy atom. The molecule has 0 bridgehead atoms. The molecule has 3 heterocycles. The van der Waals surface area contributed by atoms with Gasteiger partial charge in [-0.1, -0.05) is 13.0 Å². The molecule has 96 valence electrons. The molecule has 2 aromatic rings. The van der Waals surface area contributed by atoms with Gasteiger partial charge in [-0.2, -0.15) is 0 Å². The molecule has 1 saturated heterocycles. The monoisotopic (exact) mass is 244 g/mol. The average Bonchev–Trinajstić information content (AvgIpc) is 3.05. The summed E-state index contributed by atoms with van der Waals surface area (Å²) in [5, 5.41) is 3.56. The van der Waals surface area contributed by atoms with E-state index in [9.17, 15) is 0 Å². The first-order valence-electron chi connectivity index (χ1n) is 6.75. The SMILES string of the molecule is CCN1CCC(CNc2cccc3nccn23)C1. The van der Waals surface area contributed by atoms with Gasteiger partial charge in [0.05, 0.1) is 0 Å². The Kier molecular flexibility index (Phi) is 3.19. The summed E-state index contributed by atoms with van der Waals surface area (Å²) in [6, 6.07) is 6.19. The summed E-state index contributed by atoms with van der Waals surface area (Å²) in [5.74, 6) is 1.91. The van der Waals surface area contributed by atoms with Crippen LogP contribution in [0.15, 0.2) is 30.6 Å². The number of pyridine rings is 1. The van der Waals surface area contributed by atoms with E-state index in [2.05, 4.69) is 38.7 Å². The van der Waals surface area contributed by atoms with Gasteiger partial charge in [-0.3, -0.25) is 4.40 Å². The molecule has 0 spiro atoms. The molecule has 18 heavy (non-hydrogen) atoms. The maximum atomic E-state index is 4.30. The van der Waals surface area contributed by atoms with Crippen LogP contribution >= 0.6 is 0 Å². The number of likely N-dealkylation sites (tertiary alicyclic amines) is 1. The number of hydrogen-bond acceptors (Lipinski definition) is 3. The highest BCUT2D eigenvalue weighted by Gasteiger charge is 2.20. The summed E-state index contributed by atoms with van der Waals surface area (Å²) in [6.45, 7) is 6.94. The quantitative estimate of drug-likeness (QED) is 0.894. The van der Waals surface area contributed by atoms with Crippen LogP contribution in [0, 0.1) is 5.92 Å². The Morgan fingerprint density at radius 1 is 1.44 bits per heavy atom. The van der Waals surface area contributed by atoms with Gasteiger partial charge in [0.25, 0.3) is 0 Å². The van der Waals surface area contributed by atoms with E-state index in [0.717, 1.165) is 23.9 Å². The lowest BCUT2D eigenvalue weighted by molar-refractivity contribution is 0.345. The Bertz CT molecular complexity index is 519. The largest absolute Gasteiger partial charge is 0.371 e. The van der Waals surface area contributed by atoms with Crippen LogP contribution in [0.3, 0.4) is 0 Å². The molecule has 1 unspecified atom stereocenters. The van der Waals surface area contributed by atoms with Gasteiger partial charge in [0.2, 0.25) is 0 Å². The lowest BCUT2D eigenvalue weighted by atomic mass is 10.1. The molecule has 0 amide bonds. The van der Waals surface area contributed by atoms with Crippen molar-refractivity contribution in [2.75, 3.05) is 31.5 Å². The van der Waals surface area contributed by atoms with Crippen molar-refractivity contribution in [2.24, 2.45) is 5.92 Å². The van der Waals surface area contributed by atoms with Crippen molar-refractivity contribution >= 4 is 11.5 Å². The predicted molar refractivity (Wildman–Crippen MR) is 73.9 cm³/mol. The van der Waals surface area contributed by atoms with Crippen molar-refractivity contribution in [3.05, 3.63) is 30.6 Å². The summed E-state index contributed by atoms with van der Waals surface area (Å²) in [7, 11) is 0. The summed E-state index contributed by atoms with van der Waals surface area (Å²) >= 11 is 0. The standard InChI is InChI=1S/C14H20N4/c1-2-17-8-6-12(11-17)10-16-14-5-3-4-13-15-7-9-18(13)14/h3-5,7,9,12,16H,2,6,8,10-11H2,1H3.